The largest absolute Gasteiger partial charge is 0.497 e. The van der Waals surface area contributed by atoms with Crippen molar-refractivity contribution in [2.75, 3.05) is 7.11 Å². The molecule has 0 aliphatic heterocycles. The van der Waals surface area contributed by atoms with Crippen molar-refractivity contribution < 1.29 is 4.74 Å². The molecule has 0 spiro atoms. The van der Waals surface area contributed by atoms with E-state index in [2.05, 4.69) is 53.8 Å². The van der Waals surface area contributed by atoms with Gasteiger partial charge in [0.05, 0.1) is 18.1 Å². The van der Waals surface area contributed by atoms with Crippen LogP contribution in [-0.4, -0.2) is 11.5 Å². The normalized spacial score (nSPS) is 11.5. The van der Waals surface area contributed by atoms with Gasteiger partial charge in [0.1, 0.15) is 5.75 Å². The van der Waals surface area contributed by atoms with E-state index < -0.39 is 0 Å². The Morgan fingerprint density at radius 3 is 2.43 bits per heavy atom. The second kappa shape index (κ2) is 4.52. The van der Waals surface area contributed by atoms with Crippen LogP contribution in [0.4, 0.5) is 0 Å². The quantitative estimate of drug-likeness (QED) is 0.525. The summed E-state index contributed by atoms with van der Waals surface area (Å²) in [4.78, 5) is 0. The summed E-state index contributed by atoms with van der Waals surface area (Å²) in [6.45, 7) is 2.23. The molecule has 4 rings (SSSR count). The van der Waals surface area contributed by atoms with Crippen molar-refractivity contribution in [3.63, 3.8) is 0 Å². The molecular weight excluding hydrogens is 258 g/mol. The number of benzene rings is 1. The lowest BCUT2D eigenvalue weighted by atomic mass is 10.00. The molecule has 21 heavy (non-hydrogen) atoms. The molecule has 2 heteroatoms. The highest BCUT2D eigenvalue weighted by atomic mass is 16.5. The van der Waals surface area contributed by atoms with E-state index in [4.69, 9.17) is 4.74 Å². The molecular formula is C19H17NO. The zero-order valence-corrected chi connectivity index (χ0v) is 12.3. The topological polar surface area (TPSA) is 13.6 Å². The van der Waals surface area contributed by atoms with Crippen LogP contribution in [0.2, 0.25) is 0 Å². The molecule has 3 aromatic heterocycles. The van der Waals surface area contributed by atoms with Gasteiger partial charge in [-0.3, -0.25) is 0 Å². The van der Waals surface area contributed by atoms with Crippen LogP contribution < -0.4 is 4.74 Å². The highest BCUT2D eigenvalue weighted by Gasteiger charge is 2.17. The Kier molecular flexibility index (Phi) is 2.64. The smallest absolute Gasteiger partial charge is 0.118 e. The lowest BCUT2D eigenvalue weighted by molar-refractivity contribution is 0.415. The Labute approximate surface area is 123 Å². The highest BCUT2D eigenvalue weighted by molar-refractivity contribution is 5.94. The van der Waals surface area contributed by atoms with Gasteiger partial charge in [-0.2, -0.15) is 0 Å². The maximum Gasteiger partial charge on any atom is 0.118 e. The van der Waals surface area contributed by atoms with Gasteiger partial charge < -0.3 is 9.14 Å². The fraction of sp³-hybridized carbons (Fsp3) is 0.158. The number of ether oxygens (including phenoxy) is 1. The lowest BCUT2D eigenvalue weighted by Crippen LogP contribution is -1.86. The van der Waals surface area contributed by atoms with Gasteiger partial charge in [0.25, 0.3) is 0 Å². The first-order chi connectivity index (χ1) is 10.3. The van der Waals surface area contributed by atoms with Crippen molar-refractivity contribution in [1.82, 2.24) is 4.40 Å². The maximum atomic E-state index is 5.27. The number of aromatic nitrogens is 1. The SMILES string of the molecule is CCc1c(-c2ccc(OC)cc2)c2ccc3cccc1n32. The van der Waals surface area contributed by atoms with Crippen LogP contribution in [0, 0.1) is 0 Å². The van der Waals surface area contributed by atoms with E-state index in [-0.39, 0.29) is 0 Å². The molecule has 0 aliphatic rings. The van der Waals surface area contributed by atoms with Gasteiger partial charge in [-0.25, -0.2) is 0 Å². The van der Waals surface area contributed by atoms with Gasteiger partial charge in [-0.15, -0.1) is 0 Å². The van der Waals surface area contributed by atoms with Crippen molar-refractivity contribution in [3.05, 3.63) is 60.2 Å². The molecule has 1 aromatic carbocycles. The molecule has 0 N–H and O–H groups in total. The predicted octanol–water partition coefficient (Wildman–Crippen LogP) is 4.77. The molecule has 0 unspecified atom stereocenters. The number of methoxy groups -OCH3 is 1. The monoisotopic (exact) mass is 275 g/mol. The zero-order chi connectivity index (χ0) is 14.4. The molecule has 4 aromatic rings. The van der Waals surface area contributed by atoms with Gasteiger partial charge in [0.15, 0.2) is 0 Å². The van der Waals surface area contributed by atoms with E-state index in [1.165, 1.54) is 33.2 Å². The van der Waals surface area contributed by atoms with Crippen molar-refractivity contribution in [2.24, 2.45) is 0 Å². The van der Waals surface area contributed by atoms with Crippen LogP contribution in [0.15, 0.2) is 54.6 Å². The summed E-state index contributed by atoms with van der Waals surface area (Å²) >= 11 is 0. The summed E-state index contributed by atoms with van der Waals surface area (Å²) in [5, 5.41) is 0. The van der Waals surface area contributed by atoms with E-state index in [1.807, 2.05) is 12.1 Å². The fourth-order valence-electron chi connectivity index (χ4n) is 3.31. The van der Waals surface area contributed by atoms with Gasteiger partial charge in [-0.1, -0.05) is 25.1 Å². The van der Waals surface area contributed by atoms with Crippen molar-refractivity contribution in [3.8, 4) is 16.9 Å². The van der Waals surface area contributed by atoms with Crippen LogP contribution in [0.3, 0.4) is 0 Å². The van der Waals surface area contributed by atoms with Crippen LogP contribution in [-0.2, 0) is 6.42 Å². The average Bonchev–Trinajstić information content (AvgIpc) is 3.10. The van der Waals surface area contributed by atoms with E-state index in [9.17, 15) is 0 Å². The van der Waals surface area contributed by atoms with E-state index in [0.717, 1.165) is 12.2 Å². The van der Waals surface area contributed by atoms with Crippen LogP contribution in [0.5, 0.6) is 5.75 Å². The Bertz CT molecular complexity index is 902. The van der Waals surface area contributed by atoms with Crippen molar-refractivity contribution >= 4 is 16.6 Å². The summed E-state index contributed by atoms with van der Waals surface area (Å²) in [7, 11) is 1.70. The Hall–Kier alpha value is -2.48. The Balaban J connectivity index is 2.06. The van der Waals surface area contributed by atoms with Gasteiger partial charge in [-0.05, 0) is 53.9 Å². The Morgan fingerprint density at radius 1 is 0.905 bits per heavy atom. The molecule has 104 valence electrons. The van der Waals surface area contributed by atoms with E-state index in [1.54, 1.807) is 7.11 Å². The number of nitrogens with zero attached hydrogens (tertiary/aromatic N) is 1. The number of aryl methyl sites for hydroxylation is 1. The molecule has 0 saturated heterocycles. The van der Waals surface area contributed by atoms with Crippen LogP contribution in [0.1, 0.15) is 12.5 Å². The maximum absolute atomic E-state index is 5.27. The number of hydrogen-bond acceptors (Lipinski definition) is 1. The number of hydrogen-bond donors (Lipinski definition) is 0. The van der Waals surface area contributed by atoms with Crippen molar-refractivity contribution in [1.29, 1.82) is 0 Å². The Morgan fingerprint density at radius 2 is 1.71 bits per heavy atom. The molecule has 2 nitrogen and oxygen atoms in total. The number of pyridine rings is 1. The second-order valence-electron chi connectivity index (χ2n) is 5.33. The predicted molar refractivity (Wildman–Crippen MR) is 87.5 cm³/mol. The standard InChI is InChI=1S/C19H17NO/c1-3-16-17-6-4-5-14-9-12-18(20(14)17)19(16)13-7-10-15(21-2)11-8-13/h4-12H,3H2,1-2H3. The van der Waals surface area contributed by atoms with Gasteiger partial charge in [0, 0.05) is 11.1 Å². The van der Waals surface area contributed by atoms with Gasteiger partial charge >= 0.3 is 0 Å². The highest BCUT2D eigenvalue weighted by Crippen LogP contribution is 2.37. The molecule has 0 fully saturated rings. The van der Waals surface area contributed by atoms with E-state index in [0.29, 0.717) is 0 Å². The van der Waals surface area contributed by atoms with E-state index >= 15 is 0 Å². The molecule has 3 heterocycles. The van der Waals surface area contributed by atoms with Crippen LogP contribution in [0.25, 0.3) is 27.7 Å². The summed E-state index contributed by atoms with van der Waals surface area (Å²) in [5.41, 5.74) is 7.90. The molecule has 0 aliphatic carbocycles. The summed E-state index contributed by atoms with van der Waals surface area (Å²) in [6.07, 6.45) is 1.03. The fourth-order valence-corrected chi connectivity index (χ4v) is 3.31. The first kappa shape index (κ1) is 12.3. The third kappa shape index (κ3) is 1.65. The summed E-state index contributed by atoms with van der Waals surface area (Å²) in [5.74, 6) is 0.896. The first-order valence-electron chi connectivity index (χ1n) is 7.32. The third-order valence-corrected chi connectivity index (χ3v) is 4.27. The average molecular weight is 275 g/mol. The third-order valence-electron chi connectivity index (χ3n) is 4.27. The molecule has 0 bridgehead atoms. The zero-order valence-electron chi connectivity index (χ0n) is 12.3. The van der Waals surface area contributed by atoms with Crippen LogP contribution >= 0.6 is 0 Å². The lowest BCUT2D eigenvalue weighted by Gasteiger charge is -2.05. The summed E-state index contributed by atoms with van der Waals surface area (Å²) in [6, 6.07) is 19.3. The molecule has 0 amide bonds. The molecule has 0 radical (unpaired) electrons. The summed E-state index contributed by atoms with van der Waals surface area (Å²) < 4.78 is 7.63. The minimum atomic E-state index is 0.896. The first-order valence-corrected chi connectivity index (χ1v) is 7.32. The van der Waals surface area contributed by atoms with Gasteiger partial charge in [0.2, 0.25) is 0 Å². The molecule has 0 saturated carbocycles. The second-order valence-corrected chi connectivity index (χ2v) is 5.33. The minimum Gasteiger partial charge on any atom is -0.497 e. The minimum absolute atomic E-state index is 0.896. The number of rotatable bonds is 3. The molecule has 0 atom stereocenters. The van der Waals surface area contributed by atoms with Crippen molar-refractivity contribution in [2.45, 2.75) is 13.3 Å².